The van der Waals surface area contributed by atoms with E-state index in [4.69, 9.17) is 14.2 Å². The number of allylic oxidation sites excluding steroid dienone is 3. The Labute approximate surface area is 511 Å². The summed E-state index contributed by atoms with van der Waals surface area (Å²) in [5.41, 5.74) is 0. The fourth-order valence-electron chi connectivity index (χ4n) is 11.6. The molecule has 0 aromatic carbocycles. The van der Waals surface area contributed by atoms with E-state index in [0.717, 1.165) is 57.8 Å². The highest BCUT2D eigenvalue weighted by atomic mass is 16.7. The first-order valence-electron chi connectivity index (χ1n) is 36.1. The predicted octanol–water partition coefficient (Wildman–Crippen LogP) is 18.4. The summed E-state index contributed by atoms with van der Waals surface area (Å²) in [6.45, 7) is 4.34. The molecule has 0 saturated carbocycles. The van der Waals surface area contributed by atoms with E-state index >= 15 is 0 Å². The monoisotopic (exact) mass is 1180 g/mol. The smallest absolute Gasteiger partial charge is 0.305 e. The summed E-state index contributed by atoms with van der Waals surface area (Å²) in [4.78, 5) is 25.1. The number of amides is 1. The van der Waals surface area contributed by atoms with Crippen molar-refractivity contribution in [1.82, 2.24) is 5.32 Å². The maximum atomic E-state index is 13.0. The topological polar surface area (TPSA) is 175 Å². The van der Waals surface area contributed by atoms with E-state index in [1.807, 2.05) is 6.08 Å². The molecule has 1 saturated heterocycles. The van der Waals surface area contributed by atoms with E-state index in [9.17, 15) is 35.1 Å². The average Bonchev–Trinajstić information content (AvgIpc) is 3.69. The van der Waals surface area contributed by atoms with Crippen LogP contribution in [0.15, 0.2) is 24.3 Å². The SMILES string of the molecule is CCCCC/C=C\CCCCCCCC(=O)OCCCCCCCCCCCCCCCCCCCCCCCCCCCCCCCCCCCC(=O)NC(COC1OC(CO)C(O)C(O)C1O)C(O)/C=C/CCCCCCCCCC. The fraction of sp³-hybridized carbons (Fsp3) is 0.917. The highest BCUT2D eigenvalue weighted by Gasteiger charge is 2.44. The van der Waals surface area contributed by atoms with Gasteiger partial charge in [0.25, 0.3) is 0 Å². The van der Waals surface area contributed by atoms with Gasteiger partial charge in [-0.2, -0.15) is 0 Å². The summed E-state index contributed by atoms with van der Waals surface area (Å²) in [6, 6.07) is -0.805. The second kappa shape index (κ2) is 61.8. The first-order chi connectivity index (χ1) is 40.7. The van der Waals surface area contributed by atoms with Crippen LogP contribution in [-0.4, -0.2) is 100 Å². The molecule has 83 heavy (non-hydrogen) atoms. The lowest BCUT2D eigenvalue weighted by Gasteiger charge is -2.40. The van der Waals surface area contributed by atoms with Crippen LogP contribution in [0.3, 0.4) is 0 Å². The van der Waals surface area contributed by atoms with Crippen LogP contribution in [0.25, 0.3) is 0 Å². The minimum Gasteiger partial charge on any atom is -0.466 e. The molecule has 1 heterocycles. The molecule has 0 bridgehead atoms. The standard InChI is InChI=1S/C72H137NO10/c1-3-5-7-9-11-13-15-40-44-48-52-56-60-68(77)81-61-57-53-49-45-41-38-36-34-32-30-28-26-24-22-20-18-16-17-19-21-23-25-27-29-31-33-35-37-39-43-47-51-55-59-67(76)73-64(63-82-72-71(80)70(79)69(78)66(62-74)83-72)65(75)58-54-50-46-42-14-12-10-8-6-4-2/h11,13,54,58,64-66,69-72,74-75,78-80H,3-10,12,14-53,55-57,59-63H2,1-2H3,(H,73,76)/b13-11-,58-54+. The van der Waals surface area contributed by atoms with Gasteiger partial charge < -0.3 is 45.1 Å². The lowest BCUT2D eigenvalue weighted by Crippen LogP contribution is -2.60. The van der Waals surface area contributed by atoms with Crippen molar-refractivity contribution < 1.29 is 49.3 Å². The molecule has 1 fully saturated rings. The van der Waals surface area contributed by atoms with E-state index in [-0.39, 0.29) is 18.5 Å². The van der Waals surface area contributed by atoms with Crippen molar-refractivity contribution in [2.75, 3.05) is 19.8 Å². The molecule has 7 unspecified atom stereocenters. The van der Waals surface area contributed by atoms with Crippen molar-refractivity contribution in [3.8, 4) is 0 Å². The maximum Gasteiger partial charge on any atom is 0.305 e. The van der Waals surface area contributed by atoms with E-state index in [2.05, 4.69) is 31.3 Å². The summed E-state index contributed by atoms with van der Waals surface area (Å²) in [6.07, 6.45) is 67.6. The Balaban J connectivity index is 1.89. The lowest BCUT2D eigenvalue weighted by molar-refractivity contribution is -0.302. The lowest BCUT2D eigenvalue weighted by atomic mass is 9.99. The van der Waals surface area contributed by atoms with Gasteiger partial charge in [-0.3, -0.25) is 9.59 Å². The average molecular weight is 1180 g/mol. The summed E-state index contributed by atoms with van der Waals surface area (Å²) in [5, 5.41) is 54.4. The Morgan fingerprint density at radius 3 is 1.18 bits per heavy atom. The zero-order chi connectivity index (χ0) is 60.2. The van der Waals surface area contributed by atoms with Crippen LogP contribution in [0.2, 0.25) is 0 Å². The first kappa shape index (κ1) is 79.2. The molecule has 7 atom stereocenters. The molecule has 11 nitrogen and oxygen atoms in total. The van der Waals surface area contributed by atoms with Gasteiger partial charge in [0.1, 0.15) is 24.4 Å². The Hall–Kier alpha value is -1.86. The third-order valence-corrected chi connectivity index (χ3v) is 17.3. The van der Waals surface area contributed by atoms with Crippen molar-refractivity contribution in [3.05, 3.63) is 24.3 Å². The molecule has 1 rings (SSSR count). The first-order valence-corrected chi connectivity index (χ1v) is 36.1. The minimum absolute atomic E-state index is 0.00471. The fourth-order valence-corrected chi connectivity index (χ4v) is 11.6. The van der Waals surface area contributed by atoms with Gasteiger partial charge in [0.2, 0.25) is 5.91 Å². The molecule has 1 aliphatic heterocycles. The largest absolute Gasteiger partial charge is 0.466 e. The number of carbonyl (C=O) groups excluding carboxylic acids is 2. The van der Waals surface area contributed by atoms with E-state index in [1.54, 1.807) is 6.08 Å². The summed E-state index contributed by atoms with van der Waals surface area (Å²) in [5.74, 6) is -0.172. The molecule has 0 radical (unpaired) electrons. The van der Waals surface area contributed by atoms with E-state index in [0.29, 0.717) is 19.4 Å². The molecule has 490 valence electrons. The Bertz CT molecular complexity index is 1430. The van der Waals surface area contributed by atoms with Crippen LogP contribution >= 0.6 is 0 Å². The number of esters is 1. The normalized spacial score (nSPS) is 18.2. The molecule has 0 aliphatic carbocycles. The van der Waals surface area contributed by atoms with Gasteiger partial charge in [0, 0.05) is 12.8 Å². The molecule has 0 aromatic heterocycles. The predicted molar refractivity (Wildman–Crippen MR) is 348 cm³/mol. The second-order valence-corrected chi connectivity index (χ2v) is 25.3. The number of hydrogen-bond donors (Lipinski definition) is 6. The van der Waals surface area contributed by atoms with E-state index < -0.39 is 49.5 Å². The highest BCUT2D eigenvalue weighted by molar-refractivity contribution is 5.76. The van der Waals surface area contributed by atoms with Crippen LogP contribution in [0.5, 0.6) is 0 Å². The van der Waals surface area contributed by atoms with Gasteiger partial charge in [0.15, 0.2) is 6.29 Å². The van der Waals surface area contributed by atoms with E-state index in [1.165, 1.54) is 276 Å². The number of ether oxygens (including phenoxy) is 3. The number of aliphatic hydroxyl groups is 5. The van der Waals surface area contributed by atoms with Crippen LogP contribution < -0.4 is 5.32 Å². The molecular weight excluding hydrogens is 1040 g/mol. The van der Waals surface area contributed by atoms with Gasteiger partial charge in [-0.1, -0.05) is 314 Å². The number of rotatable bonds is 64. The van der Waals surface area contributed by atoms with Crippen molar-refractivity contribution in [3.63, 3.8) is 0 Å². The molecule has 6 N–H and O–H groups in total. The van der Waals surface area contributed by atoms with Gasteiger partial charge in [-0.15, -0.1) is 0 Å². The summed E-state index contributed by atoms with van der Waals surface area (Å²) >= 11 is 0. The Morgan fingerprint density at radius 2 is 0.771 bits per heavy atom. The van der Waals surface area contributed by atoms with Crippen LogP contribution in [0.1, 0.15) is 361 Å². The Morgan fingerprint density at radius 1 is 0.434 bits per heavy atom. The van der Waals surface area contributed by atoms with Gasteiger partial charge in [-0.25, -0.2) is 0 Å². The maximum absolute atomic E-state index is 13.0. The third-order valence-electron chi connectivity index (χ3n) is 17.3. The van der Waals surface area contributed by atoms with Crippen LogP contribution in [0.4, 0.5) is 0 Å². The second-order valence-electron chi connectivity index (χ2n) is 25.3. The van der Waals surface area contributed by atoms with Gasteiger partial charge in [-0.05, 0) is 57.8 Å². The zero-order valence-electron chi connectivity index (χ0n) is 54.4. The van der Waals surface area contributed by atoms with Crippen molar-refractivity contribution in [2.24, 2.45) is 0 Å². The van der Waals surface area contributed by atoms with Crippen molar-refractivity contribution in [2.45, 2.75) is 403 Å². The Kier molecular flexibility index (Phi) is 58.9. The quantitative estimate of drug-likeness (QED) is 0.0195. The molecule has 11 heteroatoms. The minimum atomic E-state index is -1.57. The number of nitrogens with one attached hydrogen (secondary N) is 1. The van der Waals surface area contributed by atoms with Gasteiger partial charge in [0.05, 0.1) is 32.0 Å². The molecule has 1 aliphatic rings. The molecule has 0 aromatic rings. The highest BCUT2D eigenvalue weighted by Crippen LogP contribution is 2.23. The van der Waals surface area contributed by atoms with Gasteiger partial charge >= 0.3 is 5.97 Å². The van der Waals surface area contributed by atoms with Crippen molar-refractivity contribution >= 4 is 11.9 Å². The van der Waals surface area contributed by atoms with Crippen LogP contribution in [-0.2, 0) is 23.8 Å². The van der Waals surface area contributed by atoms with Crippen molar-refractivity contribution in [1.29, 1.82) is 0 Å². The van der Waals surface area contributed by atoms with Crippen LogP contribution in [0, 0.1) is 0 Å². The zero-order valence-corrected chi connectivity index (χ0v) is 54.4. The third kappa shape index (κ3) is 50.8. The molecule has 1 amide bonds. The number of hydrogen-bond acceptors (Lipinski definition) is 10. The molecular formula is C72H137NO10. The number of unbranched alkanes of at least 4 members (excludes halogenated alkanes) is 48. The number of carbonyl (C=O) groups is 2. The number of aliphatic hydroxyl groups excluding tert-OH is 5. The summed E-state index contributed by atoms with van der Waals surface area (Å²) in [7, 11) is 0. The summed E-state index contributed by atoms with van der Waals surface area (Å²) < 4.78 is 16.7. The molecule has 0 spiro atoms.